The second-order valence-corrected chi connectivity index (χ2v) is 3.72. The number of nitrogen functional groups attached to an aromatic ring is 2. The average molecular weight is 192 g/mol. The van der Waals surface area contributed by atoms with Gasteiger partial charge in [0.05, 0.1) is 17.6 Å². The minimum absolute atomic E-state index is 0.561. The van der Waals surface area contributed by atoms with E-state index in [1.807, 2.05) is 6.07 Å². The number of piperidine rings is 1. The summed E-state index contributed by atoms with van der Waals surface area (Å²) in [6.07, 6.45) is 5.44. The summed E-state index contributed by atoms with van der Waals surface area (Å²) in [5.74, 6) is 0.955. The zero-order chi connectivity index (χ0) is 9.97. The number of hydrogen-bond acceptors (Lipinski definition) is 4. The maximum Gasteiger partial charge on any atom is 0.130 e. The largest absolute Gasteiger partial charge is 0.397 e. The van der Waals surface area contributed by atoms with E-state index in [0.717, 1.165) is 18.9 Å². The normalized spacial score (nSPS) is 17.0. The van der Waals surface area contributed by atoms with Gasteiger partial charge < -0.3 is 16.4 Å². The van der Waals surface area contributed by atoms with Gasteiger partial charge in [0.15, 0.2) is 0 Å². The number of rotatable bonds is 1. The van der Waals surface area contributed by atoms with E-state index >= 15 is 0 Å². The Kier molecular flexibility index (Phi) is 2.43. The average Bonchev–Trinajstić information content (AvgIpc) is 2.23. The second kappa shape index (κ2) is 3.74. The summed E-state index contributed by atoms with van der Waals surface area (Å²) >= 11 is 0. The van der Waals surface area contributed by atoms with E-state index in [-0.39, 0.29) is 0 Å². The zero-order valence-electron chi connectivity index (χ0n) is 8.24. The summed E-state index contributed by atoms with van der Waals surface area (Å²) in [4.78, 5) is 6.55. The van der Waals surface area contributed by atoms with Crippen LogP contribution in [0, 0.1) is 0 Å². The first kappa shape index (κ1) is 9.12. The Morgan fingerprint density at radius 3 is 2.43 bits per heavy atom. The van der Waals surface area contributed by atoms with Crippen LogP contribution in [0.15, 0.2) is 12.3 Å². The Bertz CT molecular complexity index is 318. The van der Waals surface area contributed by atoms with Gasteiger partial charge in [0.2, 0.25) is 0 Å². The zero-order valence-corrected chi connectivity index (χ0v) is 8.24. The Balaban J connectivity index is 2.18. The number of nitrogens with two attached hydrogens (primary N) is 2. The van der Waals surface area contributed by atoms with Crippen molar-refractivity contribution in [3.63, 3.8) is 0 Å². The van der Waals surface area contributed by atoms with Gasteiger partial charge in [-0.25, -0.2) is 4.98 Å². The highest BCUT2D eigenvalue weighted by molar-refractivity contribution is 5.66. The summed E-state index contributed by atoms with van der Waals surface area (Å²) in [6, 6.07) is 1.86. The molecule has 4 N–H and O–H groups in total. The maximum atomic E-state index is 5.74. The topological polar surface area (TPSA) is 68.2 Å². The van der Waals surface area contributed by atoms with Crippen LogP contribution in [0.25, 0.3) is 0 Å². The van der Waals surface area contributed by atoms with E-state index < -0.39 is 0 Å². The van der Waals surface area contributed by atoms with Gasteiger partial charge >= 0.3 is 0 Å². The molecule has 0 spiro atoms. The molecule has 0 atom stereocenters. The quantitative estimate of drug-likeness (QED) is 0.702. The Hall–Kier alpha value is -1.45. The summed E-state index contributed by atoms with van der Waals surface area (Å²) in [6.45, 7) is 2.16. The van der Waals surface area contributed by atoms with Crippen molar-refractivity contribution in [2.45, 2.75) is 19.3 Å². The molecule has 1 aliphatic rings. The van der Waals surface area contributed by atoms with Crippen LogP contribution in [0.1, 0.15) is 19.3 Å². The van der Waals surface area contributed by atoms with Crippen LogP contribution >= 0.6 is 0 Å². The smallest absolute Gasteiger partial charge is 0.130 e. The molecular weight excluding hydrogens is 176 g/mol. The van der Waals surface area contributed by atoms with Crippen molar-refractivity contribution in [1.82, 2.24) is 4.98 Å². The van der Waals surface area contributed by atoms with Crippen molar-refractivity contribution in [2.75, 3.05) is 29.5 Å². The van der Waals surface area contributed by atoms with Crippen molar-refractivity contribution in [3.8, 4) is 0 Å². The molecule has 2 heterocycles. The van der Waals surface area contributed by atoms with Gasteiger partial charge in [0.1, 0.15) is 5.82 Å². The SMILES string of the molecule is Nc1cnc(N2CCCCC2)cc1N. The summed E-state index contributed by atoms with van der Waals surface area (Å²) in [7, 11) is 0. The molecule has 0 amide bonds. The first-order valence-electron chi connectivity index (χ1n) is 5.03. The molecule has 0 bridgehead atoms. The van der Waals surface area contributed by atoms with E-state index in [1.54, 1.807) is 6.20 Å². The molecule has 1 aliphatic heterocycles. The highest BCUT2D eigenvalue weighted by Crippen LogP contribution is 2.22. The highest BCUT2D eigenvalue weighted by Gasteiger charge is 2.12. The fourth-order valence-electron chi connectivity index (χ4n) is 1.77. The van der Waals surface area contributed by atoms with Gasteiger partial charge in [-0.3, -0.25) is 0 Å². The molecule has 4 heteroatoms. The van der Waals surface area contributed by atoms with E-state index in [2.05, 4.69) is 9.88 Å². The van der Waals surface area contributed by atoms with E-state index in [1.165, 1.54) is 19.3 Å². The standard InChI is InChI=1S/C10H16N4/c11-8-6-10(13-7-9(8)12)14-4-2-1-3-5-14/h6-7H,1-5,12H2,(H2,11,13). The predicted molar refractivity (Wildman–Crippen MR) is 59.1 cm³/mol. The van der Waals surface area contributed by atoms with Crippen LogP contribution in [0.3, 0.4) is 0 Å². The van der Waals surface area contributed by atoms with Gasteiger partial charge in [-0.1, -0.05) is 0 Å². The molecular formula is C10H16N4. The van der Waals surface area contributed by atoms with Crippen LogP contribution in [-0.2, 0) is 0 Å². The van der Waals surface area contributed by atoms with E-state index in [0.29, 0.717) is 11.4 Å². The maximum absolute atomic E-state index is 5.74. The molecule has 1 saturated heterocycles. The lowest BCUT2D eigenvalue weighted by molar-refractivity contribution is 0.573. The molecule has 1 aromatic heterocycles. The van der Waals surface area contributed by atoms with Crippen molar-refractivity contribution in [2.24, 2.45) is 0 Å². The Morgan fingerprint density at radius 2 is 1.79 bits per heavy atom. The fourth-order valence-corrected chi connectivity index (χ4v) is 1.77. The molecule has 76 valence electrons. The molecule has 0 aromatic carbocycles. The highest BCUT2D eigenvalue weighted by atomic mass is 15.2. The van der Waals surface area contributed by atoms with Crippen LogP contribution in [0.4, 0.5) is 17.2 Å². The monoisotopic (exact) mass is 192 g/mol. The first-order valence-corrected chi connectivity index (χ1v) is 5.03. The summed E-state index contributed by atoms with van der Waals surface area (Å²) in [5.41, 5.74) is 12.5. The second-order valence-electron chi connectivity index (χ2n) is 3.72. The predicted octanol–water partition coefficient (Wildman–Crippen LogP) is 1.24. The third kappa shape index (κ3) is 1.73. The van der Waals surface area contributed by atoms with Crippen LogP contribution in [-0.4, -0.2) is 18.1 Å². The van der Waals surface area contributed by atoms with Gasteiger partial charge in [0, 0.05) is 19.2 Å². The van der Waals surface area contributed by atoms with Crippen molar-refractivity contribution < 1.29 is 0 Å². The molecule has 4 nitrogen and oxygen atoms in total. The number of aromatic nitrogens is 1. The van der Waals surface area contributed by atoms with Crippen molar-refractivity contribution in [1.29, 1.82) is 0 Å². The minimum atomic E-state index is 0.561. The summed E-state index contributed by atoms with van der Waals surface area (Å²) in [5, 5.41) is 0. The number of hydrogen-bond donors (Lipinski definition) is 2. The van der Waals surface area contributed by atoms with Crippen LogP contribution in [0.5, 0.6) is 0 Å². The van der Waals surface area contributed by atoms with E-state index in [4.69, 9.17) is 11.5 Å². The molecule has 2 rings (SSSR count). The van der Waals surface area contributed by atoms with Crippen molar-refractivity contribution >= 4 is 17.2 Å². The third-order valence-corrected chi connectivity index (χ3v) is 2.63. The number of nitrogens with zero attached hydrogens (tertiary/aromatic N) is 2. The number of anilines is 3. The number of pyridine rings is 1. The van der Waals surface area contributed by atoms with Gasteiger partial charge in [-0.05, 0) is 19.3 Å². The van der Waals surface area contributed by atoms with Crippen molar-refractivity contribution in [3.05, 3.63) is 12.3 Å². The van der Waals surface area contributed by atoms with Gasteiger partial charge in [-0.15, -0.1) is 0 Å². The third-order valence-electron chi connectivity index (χ3n) is 2.63. The molecule has 14 heavy (non-hydrogen) atoms. The fraction of sp³-hybridized carbons (Fsp3) is 0.500. The lowest BCUT2D eigenvalue weighted by Gasteiger charge is -2.27. The van der Waals surface area contributed by atoms with Crippen LogP contribution in [0.2, 0.25) is 0 Å². The van der Waals surface area contributed by atoms with Crippen LogP contribution < -0.4 is 16.4 Å². The molecule has 0 saturated carbocycles. The van der Waals surface area contributed by atoms with Gasteiger partial charge in [0.25, 0.3) is 0 Å². The molecule has 0 radical (unpaired) electrons. The summed E-state index contributed by atoms with van der Waals surface area (Å²) < 4.78 is 0. The molecule has 1 aromatic rings. The molecule has 0 aliphatic carbocycles. The molecule has 0 unspecified atom stereocenters. The minimum Gasteiger partial charge on any atom is -0.397 e. The Morgan fingerprint density at radius 1 is 1.07 bits per heavy atom. The Labute approximate surface area is 83.9 Å². The lowest BCUT2D eigenvalue weighted by atomic mass is 10.1. The van der Waals surface area contributed by atoms with Gasteiger partial charge in [-0.2, -0.15) is 0 Å². The first-order chi connectivity index (χ1) is 6.77. The van der Waals surface area contributed by atoms with E-state index in [9.17, 15) is 0 Å². The molecule has 1 fully saturated rings. The lowest BCUT2D eigenvalue weighted by Crippen LogP contribution is -2.30.